The second-order valence-electron chi connectivity index (χ2n) is 4.47. The number of anilines is 1. The molecule has 0 atom stereocenters. The second kappa shape index (κ2) is 6.10. The third-order valence-electron chi connectivity index (χ3n) is 2.80. The van der Waals surface area contributed by atoms with Gasteiger partial charge in [0, 0.05) is 32.9 Å². The zero-order valence-electron chi connectivity index (χ0n) is 12.1. The summed E-state index contributed by atoms with van der Waals surface area (Å²) in [4.78, 5) is 2.04. The molecule has 0 N–H and O–H groups in total. The topological polar surface area (TPSA) is 56.8 Å². The molecular formula is C14H18N5O-. The van der Waals surface area contributed by atoms with Gasteiger partial charge in [-0.3, -0.25) is 0 Å². The number of aromatic nitrogens is 2. The molecule has 0 fully saturated rings. The number of rotatable bonds is 4. The van der Waals surface area contributed by atoms with Crippen molar-refractivity contribution >= 4 is 11.4 Å². The maximum Gasteiger partial charge on any atom is 0.231 e. The van der Waals surface area contributed by atoms with Crippen LogP contribution in [0, 0.1) is 0 Å². The molecule has 1 heterocycles. The summed E-state index contributed by atoms with van der Waals surface area (Å²) in [6, 6.07) is 11.4. The maximum absolute atomic E-state index is 5.04. The highest BCUT2D eigenvalue weighted by atomic mass is 16.5. The smallest absolute Gasteiger partial charge is 0.231 e. The Labute approximate surface area is 118 Å². The number of aryl methyl sites for hydroxylation is 1. The van der Waals surface area contributed by atoms with E-state index in [0.29, 0.717) is 11.4 Å². The molecule has 2 rings (SSSR count). The fourth-order valence-corrected chi connectivity index (χ4v) is 1.62. The van der Waals surface area contributed by atoms with E-state index in [1.54, 1.807) is 24.9 Å². The summed E-state index contributed by atoms with van der Waals surface area (Å²) < 4.78 is 6.66. The molecule has 0 unspecified atom stereocenters. The fraction of sp³-hybridized carbons (Fsp3) is 0.286. The number of nitrogens with zero attached hydrogens (tertiary/aromatic N) is 5. The third-order valence-corrected chi connectivity index (χ3v) is 2.80. The van der Waals surface area contributed by atoms with E-state index in [4.69, 9.17) is 4.74 Å². The van der Waals surface area contributed by atoms with Gasteiger partial charge in [0.25, 0.3) is 0 Å². The molecule has 6 nitrogen and oxygen atoms in total. The largest absolute Gasteiger partial charge is 0.574 e. The maximum atomic E-state index is 5.04. The first-order valence-corrected chi connectivity index (χ1v) is 6.20. The van der Waals surface area contributed by atoms with Gasteiger partial charge in [-0.05, 0) is 18.2 Å². The minimum Gasteiger partial charge on any atom is -0.574 e. The quantitative estimate of drug-likeness (QED) is 0.800. The van der Waals surface area contributed by atoms with E-state index in [0.717, 1.165) is 11.4 Å². The zero-order chi connectivity index (χ0) is 14.5. The Hall–Kier alpha value is -2.50. The van der Waals surface area contributed by atoms with Gasteiger partial charge in [-0.2, -0.15) is 0 Å². The van der Waals surface area contributed by atoms with Crippen LogP contribution in [-0.2, 0) is 7.05 Å². The minimum absolute atomic E-state index is 0.543. The molecule has 0 radical (unpaired) electrons. The SMILES string of the molecule is COc1ccc(=N[N-]c2ccc(N(C)C)cc2)n(C)n1. The van der Waals surface area contributed by atoms with E-state index in [2.05, 4.69) is 15.6 Å². The van der Waals surface area contributed by atoms with Gasteiger partial charge in [-0.15, -0.1) is 10.8 Å². The van der Waals surface area contributed by atoms with Crippen LogP contribution in [0.25, 0.3) is 5.43 Å². The van der Waals surface area contributed by atoms with Crippen LogP contribution in [0.3, 0.4) is 0 Å². The molecule has 20 heavy (non-hydrogen) atoms. The normalized spacial score (nSPS) is 11.3. The van der Waals surface area contributed by atoms with Gasteiger partial charge in [-0.1, -0.05) is 12.1 Å². The van der Waals surface area contributed by atoms with E-state index in [9.17, 15) is 0 Å². The predicted molar refractivity (Wildman–Crippen MR) is 79.1 cm³/mol. The van der Waals surface area contributed by atoms with Crippen molar-refractivity contribution in [1.29, 1.82) is 0 Å². The molecule has 0 aliphatic rings. The summed E-state index contributed by atoms with van der Waals surface area (Å²) in [7, 11) is 7.38. The standard InChI is InChI=1S/C14H18N5O/c1-18(2)12-7-5-11(6-8-12)15-16-13-9-10-14(20-4)17-19(13)3/h5-10H,1-4H3/q-1. The minimum atomic E-state index is 0.543. The summed E-state index contributed by atoms with van der Waals surface area (Å²) in [6.45, 7) is 0. The number of methoxy groups -OCH3 is 1. The monoisotopic (exact) mass is 272 g/mol. The van der Waals surface area contributed by atoms with Gasteiger partial charge in [0.15, 0.2) is 0 Å². The molecule has 1 aromatic heterocycles. The highest BCUT2D eigenvalue weighted by molar-refractivity contribution is 5.56. The van der Waals surface area contributed by atoms with Gasteiger partial charge in [0.05, 0.1) is 7.11 Å². The fourth-order valence-electron chi connectivity index (χ4n) is 1.62. The van der Waals surface area contributed by atoms with Crippen LogP contribution in [-0.4, -0.2) is 31.0 Å². The van der Waals surface area contributed by atoms with E-state index in [1.165, 1.54) is 0 Å². The molecule has 2 aromatic rings. The van der Waals surface area contributed by atoms with Crippen molar-refractivity contribution in [2.45, 2.75) is 0 Å². The molecule has 0 amide bonds. The first-order valence-electron chi connectivity index (χ1n) is 6.20. The predicted octanol–water partition coefficient (Wildman–Crippen LogP) is 2.02. The van der Waals surface area contributed by atoms with Crippen molar-refractivity contribution in [3.63, 3.8) is 0 Å². The molecule has 1 aromatic carbocycles. The van der Waals surface area contributed by atoms with Crippen molar-refractivity contribution < 1.29 is 4.74 Å². The van der Waals surface area contributed by atoms with Gasteiger partial charge >= 0.3 is 0 Å². The van der Waals surface area contributed by atoms with Crippen LogP contribution < -0.4 is 15.1 Å². The van der Waals surface area contributed by atoms with Crippen LogP contribution in [0.15, 0.2) is 41.5 Å². The van der Waals surface area contributed by atoms with Crippen LogP contribution in [0.5, 0.6) is 5.88 Å². The lowest BCUT2D eigenvalue weighted by atomic mass is 10.3. The van der Waals surface area contributed by atoms with E-state index >= 15 is 0 Å². The molecule has 0 bridgehead atoms. The zero-order valence-corrected chi connectivity index (χ0v) is 12.1. The van der Waals surface area contributed by atoms with Crippen molar-refractivity contribution in [3.8, 4) is 5.88 Å². The van der Waals surface area contributed by atoms with Crippen molar-refractivity contribution in [2.75, 3.05) is 26.1 Å². The molecular weight excluding hydrogens is 254 g/mol. The Morgan fingerprint density at radius 2 is 1.85 bits per heavy atom. The number of benzene rings is 1. The molecule has 106 valence electrons. The Morgan fingerprint density at radius 3 is 2.40 bits per heavy atom. The average Bonchev–Trinajstić information content (AvgIpc) is 2.46. The lowest BCUT2D eigenvalue weighted by molar-refractivity contribution is 0.381. The van der Waals surface area contributed by atoms with Gasteiger partial charge in [-0.25, -0.2) is 4.68 Å². The summed E-state index contributed by atoms with van der Waals surface area (Å²) in [5, 5.41) is 8.36. The van der Waals surface area contributed by atoms with Crippen molar-refractivity contribution in [3.05, 3.63) is 47.3 Å². The number of hydrogen-bond acceptors (Lipinski definition) is 4. The lowest BCUT2D eigenvalue weighted by Crippen LogP contribution is -2.19. The van der Waals surface area contributed by atoms with E-state index in [1.807, 2.05) is 49.3 Å². The highest BCUT2D eigenvalue weighted by Gasteiger charge is 1.93. The van der Waals surface area contributed by atoms with Gasteiger partial charge in [0.2, 0.25) is 5.88 Å². The Morgan fingerprint density at radius 1 is 1.15 bits per heavy atom. The Bertz CT molecular complexity index is 631. The second-order valence-corrected chi connectivity index (χ2v) is 4.47. The average molecular weight is 272 g/mol. The number of ether oxygens (including phenoxy) is 1. The van der Waals surface area contributed by atoms with E-state index < -0.39 is 0 Å². The first-order chi connectivity index (χ1) is 9.60. The summed E-state index contributed by atoms with van der Waals surface area (Å²) >= 11 is 0. The van der Waals surface area contributed by atoms with E-state index in [-0.39, 0.29) is 0 Å². The van der Waals surface area contributed by atoms with Crippen LogP contribution in [0.2, 0.25) is 0 Å². The summed E-state index contributed by atoms with van der Waals surface area (Å²) in [5.41, 5.74) is 6.78. The van der Waals surface area contributed by atoms with Crippen LogP contribution >= 0.6 is 0 Å². The molecule has 0 aliphatic heterocycles. The van der Waals surface area contributed by atoms with Crippen LogP contribution in [0.1, 0.15) is 0 Å². The van der Waals surface area contributed by atoms with Gasteiger partial charge in [0.1, 0.15) is 5.49 Å². The molecule has 0 spiro atoms. The molecule has 0 saturated heterocycles. The van der Waals surface area contributed by atoms with Crippen LogP contribution in [0.4, 0.5) is 11.4 Å². The Balaban J connectivity index is 2.16. The Kier molecular flexibility index (Phi) is 4.24. The first kappa shape index (κ1) is 13.9. The molecule has 0 saturated carbocycles. The molecule has 0 aliphatic carbocycles. The third kappa shape index (κ3) is 3.28. The lowest BCUT2D eigenvalue weighted by Gasteiger charge is -2.18. The number of hydrogen-bond donors (Lipinski definition) is 0. The van der Waals surface area contributed by atoms with Crippen molar-refractivity contribution in [2.24, 2.45) is 12.1 Å². The summed E-state index contributed by atoms with van der Waals surface area (Å²) in [5.74, 6) is 0.543. The highest BCUT2D eigenvalue weighted by Crippen LogP contribution is 2.21. The molecule has 6 heteroatoms. The van der Waals surface area contributed by atoms with Gasteiger partial charge < -0.3 is 20.2 Å². The summed E-state index contributed by atoms with van der Waals surface area (Å²) in [6.07, 6.45) is 0. The van der Waals surface area contributed by atoms with Crippen molar-refractivity contribution in [1.82, 2.24) is 9.78 Å².